The van der Waals surface area contributed by atoms with Gasteiger partial charge in [0.15, 0.2) is 11.5 Å². The van der Waals surface area contributed by atoms with E-state index >= 15 is 0 Å². The molecule has 7 heteroatoms. The average molecular weight is 527 g/mol. The number of aliphatic hydroxyl groups excluding tert-OH is 1. The normalized spacial score (nSPS) is 17.9. The highest BCUT2D eigenvalue weighted by Gasteiger charge is 2.38. The zero-order chi connectivity index (χ0) is 27.9. The van der Waals surface area contributed by atoms with Gasteiger partial charge in [0.25, 0.3) is 0 Å². The van der Waals surface area contributed by atoms with Crippen molar-refractivity contribution in [3.63, 3.8) is 0 Å². The summed E-state index contributed by atoms with van der Waals surface area (Å²) in [6, 6.07) is 18.8. The number of nitrogens with two attached hydrogens (primary N) is 1. The molecule has 202 valence electrons. The molecule has 0 spiro atoms. The number of pyridine rings is 1. The van der Waals surface area contributed by atoms with Crippen LogP contribution in [-0.4, -0.2) is 34.7 Å². The number of carbonyl (C=O) groups is 1. The molecule has 0 aliphatic carbocycles. The minimum Gasteiger partial charge on any atom is -0.496 e. The molecule has 0 amide bonds. The molecule has 0 radical (unpaired) electrons. The van der Waals surface area contributed by atoms with E-state index in [-0.39, 0.29) is 25.2 Å². The number of rotatable bonds is 8. The number of aliphatic hydroxyl groups is 2. The first kappa shape index (κ1) is 26.8. The molecule has 4 N–H and O–H groups in total. The lowest BCUT2D eigenvalue weighted by molar-refractivity contribution is 0.0396. The van der Waals surface area contributed by atoms with Gasteiger partial charge in [-0.05, 0) is 62.4 Å². The van der Waals surface area contributed by atoms with Crippen LogP contribution in [0.15, 0.2) is 60.7 Å². The van der Waals surface area contributed by atoms with Crippen LogP contribution >= 0.6 is 0 Å². The summed E-state index contributed by atoms with van der Waals surface area (Å²) in [6.45, 7) is 5.83. The van der Waals surface area contributed by atoms with Crippen molar-refractivity contribution in [2.75, 3.05) is 13.7 Å². The number of aryl methyl sites for hydroxylation is 1. The highest BCUT2D eigenvalue weighted by atomic mass is 16.5. The molecule has 2 heterocycles. The molecule has 39 heavy (non-hydrogen) atoms. The topological polar surface area (TPSA) is 115 Å². The van der Waals surface area contributed by atoms with Gasteiger partial charge in [-0.3, -0.25) is 4.79 Å². The van der Waals surface area contributed by atoms with E-state index < -0.39 is 11.1 Å². The van der Waals surface area contributed by atoms with Crippen LogP contribution in [0.3, 0.4) is 0 Å². The maximum atomic E-state index is 13.3. The van der Waals surface area contributed by atoms with Crippen molar-refractivity contribution in [3.8, 4) is 22.8 Å². The third kappa shape index (κ3) is 5.13. The van der Waals surface area contributed by atoms with Crippen molar-refractivity contribution in [1.82, 2.24) is 4.98 Å². The Bertz CT molecular complexity index is 1560. The summed E-state index contributed by atoms with van der Waals surface area (Å²) < 4.78 is 11.5. The van der Waals surface area contributed by atoms with E-state index in [1.54, 1.807) is 20.1 Å². The molecule has 0 saturated heterocycles. The summed E-state index contributed by atoms with van der Waals surface area (Å²) in [4.78, 5) is 18.1. The Kier molecular flexibility index (Phi) is 6.93. The minimum atomic E-state index is -1.39. The van der Waals surface area contributed by atoms with Crippen LogP contribution in [0.1, 0.15) is 59.4 Å². The Hall–Kier alpha value is -3.78. The van der Waals surface area contributed by atoms with E-state index in [2.05, 4.69) is 0 Å². The van der Waals surface area contributed by atoms with Crippen molar-refractivity contribution in [2.24, 2.45) is 5.73 Å². The maximum Gasteiger partial charge on any atom is 0.163 e. The Morgan fingerprint density at radius 1 is 1.15 bits per heavy atom. The van der Waals surface area contributed by atoms with E-state index in [1.165, 1.54) is 0 Å². The van der Waals surface area contributed by atoms with Crippen molar-refractivity contribution >= 4 is 16.6 Å². The Morgan fingerprint density at radius 2 is 1.90 bits per heavy atom. The number of benzene rings is 3. The Labute approximate surface area is 228 Å². The number of fused-ring (bicyclic) bond motifs is 2. The van der Waals surface area contributed by atoms with Crippen LogP contribution in [0.5, 0.6) is 11.5 Å². The zero-order valence-corrected chi connectivity index (χ0v) is 22.7. The summed E-state index contributed by atoms with van der Waals surface area (Å²) >= 11 is 0. The van der Waals surface area contributed by atoms with E-state index in [9.17, 15) is 15.0 Å². The van der Waals surface area contributed by atoms with Crippen LogP contribution in [0.4, 0.5) is 0 Å². The first-order valence-electron chi connectivity index (χ1n) is 13.0. The number of aromatic nitrogens is 1. The van der Waals surface area contributed by atoms with E-state index in [0.29, 0.717) is 35.1 Å². The zero-order valence-electron chi connectivity index (χ0n) is 22.7. The van der Waals surface area contributed by atoms with Crippen LogP contribution in [0, 0.1) is 6.92 Å². The number of hydrogen-bond donors (Lipinski definition) is 3. The lowest BCUT2D eigenvalue weighted by Gasteiger charge is -2.25. The van der Waals surface area contributed by atoms with Gasteiger partial charge < -0.3 is 25.4 Å². The second kappa shape index (κ2) is 10.1. The monoisotopic (exact) mass is 526 g/mol. The van der Waals surface area contributed by atoms with Gasteiger partial charge in [-0.15, -0.1) is 0 Å². The predicted molar refractivity (Wildman–Crippen MR) is 151 cm³/mol. The molecule has 1 aromatic heterocycles. The lowest BCUT2D eigenvalue weighted by Crippen LogP contribution is -2.35. The van der Waals surface area contributed by atoms with Gasteiger partial charge in [-0.1, -0.05) is 42.0 Å². The minimum absolute atomic E-state index is 0.0767. The van der Waals surface area contributed by atoms with Crippen molar-refractivity contribution in [3.05, 3.63) is 88.6 Å². The van der Waals surface area contributed by atoms with Gasteiger partial charge in [-0.25, -0.2) is 4.98 Å². The summed E-state index contributed by atoms with van der Waals surface area (Å²) in [7, 11) is 1.56. The molecule has 2 unspecified atom stereocenters. The third-order valence-electron chi connectivity index (χ3n) is 7.53. The van der Waals surface area contributed by atoms with Gasteiger partial charge >= 0.3 is 0 Å². The number of ether oxygens (including phenoxy) is 2. The first-order valence-corrected chi connectivity index (χ1v) is 13.0. The average Bonchev–Trinajstić information content (AvgIpc) is 3.25. The molecular weight excluding hydrogens is 492 g/mol. The number of ketones is 1. The van der Waals surface area contributed by atoms with Crippen LogP contribution < -0.4 is 15.2 Å². The SMILES string of the molecule is COc1cc(C(=O)CCC(C)(O)c2cc3c(c(-c4ccc(C)cc4)n2)OCC3(C)N)cc2ccc(CO)cc12. The molecule has 0 fully saturated rings. The highest BCUT2D eigenvalue weighted by Crippen LogP contribution is 2.44. The second-order valence-electron chi connectivity index (χ2n) is 10.9. The number of Topliss-reactive ketones (excluding diaryl/α,β-unsaturated/α-hetero) is 1. The molecular formula is C32H34N2O5. The quantitative estimate of drug-likeness (QED) is 0.272. The smallest absolute Gasteiger partial charge is 0.163 e. The van der Waals surface area contributed by atoms with Gasteiger partial charge in [-0.2, -0.15) is 0 Å². The molecule has 7 nitrogen and oxygen atoms in total. The summed E-state index contributed by atoms with van der Waals surface area (Å²) in [5, 5.41) is 22.7. The Morgan fingerprint density at radius 3 is 2.59 bits per heavy atom. The van der Waals surface area contributed by atoms with E-state index in [1.807, 2.05) is 68.4 Å². The molecule has 1 aliphatic rings. The van der Waals surface area contributed by atoms with Crippen LogP contribution in [0.25, 0.3) is 22.0 Å². The molecule has 4 aromatic rings. The van der Waals surface area contributed by atoms with Gasteiger partial charge in [0.2, 0.25) is 0 Å². The summed E-state index contributed by atoms with van der Waals surface area (Å²) in [6.07, 6.45) is 0.266. The summed E-state index contributed by atoms with van der Waals surface area (Å²) in [5.41, 5.74) is 9.55. The largest absolute Gasteiger partial charge is 0.496 e. The fraction of sp³-hybridized carbons (Fsp3) is 0.312. The number of nitrogens with zero attached hydrogens (tertiary/aromatic N) is 1. The second-order valence-corrected chi connectivity index (χ2v) is 10.9. The maximum absolute atomic E-state index is 13.3. The first-order chi connectivity index (χ1) is 18.5. The van der Waals surface area contributed by atoms with Gasteiger partial charge in [0, 0.05) is 28.5 Å². The van der Waals surface area contributed by atoms with Crippen molar-refractivity contribution in [1.29, 1.82) is 0 Å². The number of methoxy groups -OCH3 is 1. The fourth-order valence-corrected chi connectivity index (χ4v) is 5.01. The molecule has 3 aromatic carbocycles. The van der Waals surface area contributed by atoms with Gasteiger partial charge in [0.1, 0.15) is 23.7 Å². The Balaban J connectivity index is 1.45. The fourth-order valence-electron chi connectivity index (χ4n) is 5.01. The summed E-state index contributed by atoms with van der Waals surface area (Å²) in [5.74, 6) is 1.07. The third-order valence-corrected chi connectivity index (χ3v) is 7.53. The highest BCUT2D eigenvalue weighted by molar-refractivity contribution is 6.02. The van der Waals surface area contributed by atoms with E-state index in [4.69, 9.17) is 20.2 Å². The molecule has 0 saturated carbocycles. The van der Waals surface area contributed by atoms with Crippen LogP contribution in [-0.2, 0) is 17.7 Å². The lowest BCUT2D eigenvalue weighted by atomic mass is 9.87. The predicted octanol–water partition coefficient (Wildman–Crippen LogP) is 5.15. The van der Waals surface area contributed by atoms with E-state index in [0.717, 1.165) is 33.0 Å². The van der Waals surface area contributed by atoms with Crippen molar-refractivity contribution < 1.29 is 24.5 Å². The standard InChI is InChI=1S/C32H34N2O5/c1-19-5-8-21(9-6-19)29-30-25(31(2,33)18-39-30)16-28(34-29)32(3,37)12-11-26(36)23-14-22-10-7-20(17-35)13-24(22)27(15-23)38-4/h5-10,13-16,35,37H,11-12,17-18,33H2,1-4H3. The van der Waals surface area contributed by atoms with Crippen molar-refractivity contribution in [2.45, 2.75) is 51.4 Å². The number of hydrogen-bond acceptors (Lipinski definition) is 7. The van der Waals surface area contributed by atoms with Crippen LogP contribution in [0.2, 0.25) is 0 Å². The molecule has 1 aliphatic heterocycles. The molecule has 5 rings (SSSR count). The number of carbonyl (C=O) groups excluding carboxylic acids is 1. The van der Waals surface area contributed by atoms with Gasteiger partial charge in [0.05, 0.1) is 24.9 Å². The molecule has 0 bridgehead atoms. The molecule has 2 atom stereocenters.